The van der Waals surface area contributed by atoms with E-state index in [0.29, 0.717) is 23.1 Å². The number of aryl methyl sites for hydroxylation is 1. The highest BCUT2D eigenvalue weighted by Gasteiger charge is 2.48. The van der Waals surface area contributed by atoms with Gasteiger partial charge in [-0.1, -0.05) is 35.9 Å². The topological polar surface area (TPSA) is 92.2 Å². The summed E-state index contributed by atoms with van der Waals surface area (Å²) < 4.78 is 5.89. The molecule has 0 bridgehead atoms. The Balaban J connectivity index is 1.37. The highest BCUT2D eigenvalue weighted by molar-refractivity contribution is 8.17. The molecule has 3 aliphatic heterocycles. The van der Waals surface area contributed by atoms with Gasteiger partial charge in [-0.15, -0.1) is 23.5 Å². The molecule has 1 amide bonds. The highest BCUT2D eigenvalue weighted by atomic mass is 32.2. The van der Waals surface area contributed by atoms with Crippen molar-refractivity contribution in [2.24, 2.45) is 15.0 Å². The summed E-state index contributed by atoms with van der Waals surface area (Å²) in [5.74, 6) is 9.45. The number of oxazole rings is 1. The predicted octanol–water partition coefficient (Wildman–Crippen LogP) is 4.56. The number of thioether (sulfide) groups is 3. The first-order chi connectivity index (χ1) is 17.1. The van der Waals surface area contributed by atoms with Crippen LogP contribution >= 0.6 is 35.3 Å². The van der Waals surface area contributed by atoms with Gasteiger partial charge in [0.1, 0.15) is 27.4 Å². The van der Waals surface area contributed by atoms with E-state index in [0.717, 1.165) is 32.2 Å². The Hall–Kier alpha value is -2.48. The van der Waals surface area contributed by atoms with Gasteiger partial charge in [0.05, 0.1) is 10.1 Å². The van der Waals surface area contributed by atoms with E-state index in [2.05, 4.69) is 36.0 Å². The van der Waals surface area contributed by atoms with Gasteiger partial charge >= 0.3 is 0 Å². The zero-order valence-corrected chi connectivity index (χ0v) is 23.3. The number of aromatic nitrogens is 1. The lowest BCUT2D eigenvalue weighted by atomic mass is 10.0. The first-order valence-corrected chi connectivity index (χ1v) is 14.6. The SMILES string of the molecule is CNC(=O)c1nc([C@]2(C)CSC([C@]3(C)CSC([C@]4(C)CSC(C#Cc5ccccc5)=N4)=N3)=N2)oc1C. The second kappa shape index (κ2) is 9.43. The molecule has 0 radical (unpaired) electrons. The number of nitrogens with one attached hydrogen (secondary N) is 1. The van der Waals surface area contributed by atoms with Crippen LogP contribution in [0.2, 0.25) is 0 Å². The summed E-state index contributed by atoms with van der Waals surface area (Å²) in [6.07, 6.45) is 0. The van der Waals surface area contributed by atoms with Crippen molar-refractivity contribution < 1.29 is 9.21 Å². The van der Waals surface area contributed by atoms with Crippen LogP contribution in [0, 0.1) is 18.8 Å². The van der Waals surface area contributed by atoms with Crippen molar-refractivity contribution in [3.8, 4) is 11.8 Å². The molecule has 0 aliphatic carbocycles. The van der Waals surface area contributed by atoms with Crippen molar-refractivity contribution in [1.82, 2.24) is 10.3 Å². The molecule has 0 spiro atoms. The van der Waals surface area contributed by atoms with E-state index in [1.165, 1.54) is 0 Å². The lowest BCUT2D eigenvalue weighted by Gasteiger charge is -2.20. The van der Waals surface area contributed by atoms with Gasteiger partial charge in [-0.2, -0.15) is 0 Å². The molecule has 3 atom stereocenters. The molecular formula is C26H27N5O2S3. The van der Waals surface area contributed by atoms with Crippen molar-refractivity contribution in [1.29, 1.82) is 0 Å². The average molecular weight is 538 g/mol. The molecule has 7 nitrogen and oxygen atoms in total. The third-order valence-corrected chi connectivity index (χ3v) is 10.4. The number of aliphatic imine (C=N–C) groups is 3. The fourth-order valence-electron chi connectivity index (χ4n) is 4.04. The van der Waals surface area contributed by atoms with Gasteiger partial charge in [-0.05, 0) is 45.7 Å². The van der Waals surface area contributed by atoms with Crippen LogP contribution < -0.4 is 5.32 Å². The van der Waals surface area contributed by atoms with E-state index >= 15 is 0 Å². The number of hydrogen-bond donors (Lipinski definition) is 1. The van der Waals surface area contributed by atoms with Gasteiger partial charge in [-0.3, -0.25) is 19.8 Å². The number of benzene rings is 1. The standard InChI is InChI=1S/C26H27N5O2S3/c1-16-19(20(32)27-5)28-21(33-16)24(2)13-35-23(30-24)26(4)15-36-22(31-26)25(3)14-34-18(29-25)12-11-17-9-7-6-8-10-17/h6-10H,13-15H2,1-5H3,(H,27,32)/t24-,25-,26-/m0/s1. The number of amides is 1. The quantitative estimate of drug-likeness (QED) is 0.575. The van der Waals surface area contributed by atoms with Crippen molar-refractivity contribution in [3.63, 3.8) is 0 Å². The van der Waals surface area contributed by atoms with Gasteiger partial charge in [-0.25, -0.2) is 4.98 Å². The predicted molar refractivity (Wildman–Crippen MR) is 152 cm³/mol. The normalized spacial score (nSPS) is 29.3. The molecule has 1 aromatic heterocycles. The van der Waals surface area contributed by atoms with Crippen molar-refractivity contribution in [3.05, 3.63) is 53.2 Å². The summed E-state index contributed by atoms with van der Waals surface area (Å²) in [5, 5.41) is 5.45. The number of nitrogens with zero attached hydrogens (tertiary/aromatic N) is 4. The van der Waals surface area contributed by atoms with Crippen LogP contribution in [0.4, 0.5) is 0 Å². The zero-order valence-electron chi connectivity index (χ0n) is 20.8. The first-order valence-electron chi connectivity index (χ1n) is 11.6. The number of carbonyl (C=O) groups is 1. The van der Waals surface area contributed by atoms with Gasteiger partial charge in [0.25, 0.3) is 5.91 Å². The third kappa shape index (κ3) is 4.64. The fourth-order valence-corrected chi connectivity index (χ4v) is 7.85. The highest BCUT2D eigenvalue weighted by Crippen LogP contribution is 2.45. The molecule has 0 saturated heterocycles. The third-order valence-electron chi connectivity index (χ3n) is 6.22. The molecule has 0 saturated carbocycles. The lowest BCUT2D eigenvalue weighted by molar-refractivity contribution is 0.0957. The van der Waals surface area contributed by atoms with Crippen LogP contribution in [0.3, 0.4) is 0 Å². The zero-order chi connectivity index (χ0) is 25.6. The van der Waals surface area contributed by atoms with Crippen LogP contribution in [0.1, 0.15) is 48.5 Å². The van der Waals surface area contributed by atoms with Crippen LogP contribution in [-0.2, 0) is 5.54 Å². The smallest absolute Gasteiger partial charge is 0.273 e. The molecule has 0 fully saturated rings. The molecular weight excluding hydrogens is 511 g/mol. The second-order valence-corrected chi connectivity index (χ2v) is 12.4. The molecule has 36 heavy (non-hydrogen) atoms. The van der Waals surface area contributed by atoms with E-state index in [4.69, 9.17) is 19.4 Å². The molecule has 5 rings (SSSR count). The van der Waals surface area contributed by atoms with Gasteiger partial charge in [0.2, 0.25) is 5.89 Å². The van der Waals surface area contributed by atoms with E-state index in [9.17, 15) is 4.79 Å². The van der Waals surface area contributed by atoms with Crippen molar-refractivity contribution in [2.45, 2.75) is 44.3 Å². The number of rotatable bonds is 4. The monoisotopic (exact) mass is 537 g/mol. The Morgan fingerprint density at radius 2 is 1.53 bits per heavy atom. The minimum absolute atomic E-state index is 0.259. The van der Waals surface area contributed by atoms with Gasteiger partial charge in [0.15, 0.2) is 5.69 Å². The van der Waals surface area contributed by atoms with Crippen LogP contribution in [0.5, 0.6) is 0 Å². The summed E-state index contributed by atoms with van der Waals surface area (Å²) in [7, 11) is 1.58. The van der Waals surface area contributed by atoms with Crippen LogP contribution in [0.25, 0.3) is 0 Å². The maximum absolute atomic E-state index is 12.1. The molecule has 1 aromatic carbocycles. The van der Waals surface area contributed by atoms with E-state index in [1.807, 2.05) is 37.3 Å². The Bertz CT molecular complexity index is 1370. The summed E-state index contributed by atoms with van der Waals surface area (Å²) in [6, 6.07) is 9.96. The molecule has 0 unspecified atom stereocenters. The summed E-state index contributed by atoms with van der Waals surface area (Å²) >= 11 is 5.12. The Labute approximate surface area is 223 Å². The summed E-state index contributed by atoms with van der Waals surface area (Å²) in [5.41, 5.74) is -0.175. The molecule has 186 valence electrons. The average Bonchev–Trinajstić information content (AvgIpc) is 3.65. The van der Waals surface area contributed by atoms with Gasteiger partial charge in [0, 0.05) is 29.9 Å². The minimum Gasteiger partial charge on any atom is -0.442 e. The van der Waals surface area contributed by atoms with E-state index < -0.39 is 11.1 Å². The van der Waals surface area contributed by atoms with Crippen LogP contribution in [-0.4, -0.2) is 61.4 Å². The molecule has 4 heterocycles. The summed E-state index contributed by atoms with van der Waals surface area (Å²) in [4.78, 5) is 31.8. The molecule has 10 heteroatoms. The Morgan fingerprint density at radius 3 is 2.22 bits per heavy atom. The van der Waals surface area contributed by atoms with E-state index in [1.54, 1.807) is 49.3 Å². The minimum atomic E-state index is -0.644. The van der Waals surface area contributed by atoms with Crippen LogP contribution in [0.15, 0.2) is 49.7 Å². The first kappa shape index (κ1) is 25.2. The Kier molecular flexibility index (Phi) is 6.60. The maximum Gasteiger partial charge on any atom is 0.273 e. The number of carbonyl (C=O) groups excluding carboxylic acids is 1. The summed E-state index contributed by atoms with van der Waals surface area (Å²) in [6.45, 7) is 8.02. The van der Waals surface area contributed by atoms with Crippen molar-refractivity contribution >= 4 is 56.3 Å². The van der Waals surface area contributed by atoms with Crippen molar-refractivity contribution in [2.75, 3.05) is 24.3 Å². The Morgan fingerprint density at radius 1 is 0.917 bits per heavy atom. The van der Waals surface area contributed by atoms with Gasteiger partial charge < -0.3 is 9.73 Å². The van der Waals surface area contributed by atoms with E-state index in [-0.39, 0.29) is 11.4 Å². The second-order valence-electron chi connectivity index (χ2n) is 9.56. The fraction of sp³-hybridized carbons (Fsp3) is 0.423. The molecule has 1 N–H and O–H groups in total. The largest absolute Gasteiger partial charge is 0.442 e. The molecule has 2 aromatic rings. The lowest BCUT2D eigenvalue weighted by Crippen LogP contribution is -2.33. The molecule has 3 aliphatic rings. The maximum atomic E-state index is 12.1. The number of hydrogen-bond acceptors (Lipinski definition) is 9.